The lowest BCUT2D eigenvalue weighted by atomic mass is 10.1. The van der Waals surface area contributed by atoms with Crippen LogP contribution in [0.25, 0.3) is 0 Å². The minimum Gasteiger partial charge on any atom is -0.478 e. The molecule has 4 N–H and O–H groups in total. The van der Waals surface area contributed by atoms with Gasteiger partial charge in [0.25, 0.3) is 0 Å². The first-order valence-corrected chi connectivity index (χ1v) is 6.47. The van der Waals surface area contributed by atoms with E-state index in [0.29, 0.717) is 12.2 Å². The Morgan fingerprint density at radius 1 is 1.25 bits per heavy atom. The van der Waals surface area contributed by atoms with Crippen LogP contribution in [0.2, 0.25) is 0 Å². The topological polar surface area (TPSA) is 75.3 Å². The molecule has 116 valence electrons. The molecule has 0 saturated carbocycles. The van der Waals surface area contributed by atoms with Crippen molar-refractivity contribution in [1.29, 1.82) is 0 Å². The third kappa shape index (κ3) is 7.58. The summed E-state index contributed by atoms with van der Waals surface area (Å²) in [6.45, 7) is 3.75. The molecule has 6 heteroatoms. The van der Waals surface area contributed by atoms with E-state index in [1.165, 1.54) is 25.3 Å². The number of rotatable bonds is 8. The lowest BCUT2D eigenvalue weighted by molar-refractivity contribution is 0.0697. The van der Waals surface area contributed by atoms with E-state index < -0.39 is 5.97 Å². The van der Waals surface area contributed by atoms with E-state index in [1.54, 1.807) is 12.1 Å². The van der Waals surface area contributed by atoms with Gasteiger partial charge in [-0.3, -0.25) is 0 Å². The van der Waals surface area contributed by atoms with Crippen molar-refractivity contribution < 1.29 is 9.90 Å². The highest BCUT2D eigenvalue weighted by Crippen LogP contribution is 2.14. The van der Waals surface area contributed by atoms with Crippen LogP contribution in [0.15, 0.2) is 18.2 Å². The van der Waals surface area contributed by atoms with Crippen LogP contribution in [-0.4, -0.2) is 17.6 Å². The van der Waals surface area contributed by atoms with E-state index in [2.05, 4.69) is 12.2 Å². The predicted molar refractivity (Wildman–Crippen MR) is 88.2 cm³/mol. The van der Waals surface area contributed by atoms with Gasteiger partial charge in [0.15, 0.2) is 0 Å². The van der Waals surface area contributed by atoms with Gasteiger partial charge in [-0.2, -0.15) is 0 Å². The van der Waals surface area contributed by atoms with E-state index in [0.717, 1.165) is 18.5 Å². The molecule has 0 spiro atoms. The molecule has 0 saturated heterocycles. The molecular weight excluding hydrogens is 299 g/mol. The number of halogens is 2. The molecular formula is C14H24Cl2N2O2. The van der Waals surface area contributed by atoms with E-state index in [-0.39, 0.29) is 30.4 Å². The third-order valence-electron chi connectivity index (χ3n) is 2.91. The molecule has 0 radical (unpaired) electrons. The van der Waals surface area contributed by atoms with Crippen LogP contribution in [0.3, 0.4) is 0 Å². The fourth-order valence-corrected chi connectivity index (χ4v) is 1.79. The Labute approximate surface area is 133 Å². The van der Waals surface area contributed by atoms with Gasteiger partial charge in [-0.1, -0.05) is 26.2 Å². The molecule has 4 nitrogen and oxygen atoms in total. The van der Waals surface area contributed by atoms with Crippen molar-refractivity contribution in [3.63, 3.8) is 0 Å². The maximum atomic E-state index is 10.9. The van der Waals surface area contributed by atoms with Crippen molar-refractivity contribution in [2.75, 3.05) is 12.3 Å². The number of carbonyl (C=O) groups is 1. The molecule has 0 fully saturated rings. The second kappa shape index (κ2) is 11.8. The number of nitrogen functional groups attached to an aromatic ring is 1. The number of hydrogen-bond donors (Lipinski definition) is 3. The summed E-state index contributed by atoms with van der Waals surface area (Å²) in [7, 11) is 0. The summed E-state index contributed by atoms with van der Waals surface area (Å²) in [5, 5.41) is 12.2. The smallest absolute Gasteiger partial charge is 0.335 e. The van der Waals surface area contributed by atoms with Crippen LogP contribution < -0.4 is 11.1 Å². The molecule has 0 aliphatic heterocycles. The highest BCUT2D eigenvalue weighted by molar-refractivity contribution is 5.88. The van der Waals surface area contributed by atoms with Gasteiger partial charge >= 0.3 is 5.97 Å². The minimum absolute atomic E-state index is 0. The second-order valence-electron chi connectivity index (χ2n) is 4.46. The number of unbranched alkanes of at least 4 members (excludes halogenated alkanes) is 3. The van der Waals surface area contributed by atoms with Crippen LogP contribution in [0, 0.1) is 0 Å². The van der Waals surface area contributed by atoms with Crippen LogP contribution in [0.1, 0.15) is 48.5 Å². The highest BCUT2D eigenvalue weighted by Gasteiger charge is 2.06. The molecule has 0 heterocycles. The molecule has 0 aromatic heterocycles. The summed E-state index contributed by atoms with van der Waals surface area (Å²) in [6, 6.07) is 4.82. The Hall–Kier alpha value is -0.970. The maximum absolute atomic E-state index is 10.9. The molecule has 0 bridgehead atoms. The molecule has 0 amide bonds. The maximum Gasteiger partial charge on any atom is 0.335 e. The zero-order valence-electron chi connectivity index (χ0n) is 11.7. The highest BCUT2D eigenvalue weighted by atomic mass is 35.5. The predicted octanol–water partition coefficient (Wildman–Crippen LogP) is 3.48. The number of carboxylic acid groups (broad SMARTS) is 1. The Morgan fingerprint density at radius 2 is 1.95 bits per heavy atom. The quantitative estimate of drug-likeness (QED) is 0.506. The number of aromatic carboxylic acids is 1. The van der Waals surface area contributed by atoms with Crippen molar-refractivity contribution in [2.45, 2.75) is 39.2 Å². The fraction of sp³-hybridized carbons (Fsp3) is 0.500. The van der Waals surface area contributed by atoms with E-state index in [1.807, 2.05) is 0 Å². The zero-order valence-corrected chi connectivity index (χ0v) is 13.4. The molecule has 1 aromatic carbocycles. The van der Waals surface area contributed by atoms with Gasteiger partial charge in [0.05, 0.1) is 5.56 Å². The number of nitrogens with two attached hydrogens (primary N) is 1. The van der Waals surface area contributed by atoms with E-state index in [9.17, 15) is 4.79 Å². The fourth-order valence-electron chi connectivity index (χ4n) is 1.79. The summed E-state index contributed by atoms with van der Waals surface area (Å²) >= 11 is 0. The van der Waals surface area contributed by atoms with Crippen molar-refractivity contribution in [3.8, 4) is 0 Å². The SMILES string of the molecule is CCCCCCNCc1cc(C(=O)O)ccc1N.Cl.Cl. The number of hydrogen-bond acceptors (Lipinski definition) is 3. The lowest BCUT2D eigenvalue weighted by Crippen LogP contribution is -2.16. The zero-order chi connectivity index (χ0) is 13.4. The number of anilines is 1. The number of benzene rings is 1. The van der Waals surface area contributed by atoms with Gasteiger partial charge in [0, 0.05) is 12.2 Å². The summed E-state index contributed by atoms with van der Waals surface area (Å²) in [6.07, 6.45) is 4.87. The summed E-state index contributed by atoms with van der Waals surface area (Å²) < 4.78 is 0. The van der Waals surface area contributed by atoms with Gasteiger partial charge < -0.3 is 16.2 Å². The van der Waals surface area contributed by atoms with Gasteiger partial charge in [0.1, 0.15) is 0 Å². The van der Waals surface area contributed by atoms with E-state index in [4.69, 9.17) is 10.8 Å². The average molecular weight is 323 g/mol. The first-order chi connectivity index (χ1) is 8.65. The Balaban J connectivity index is 0. The van der Waals surface area contributed by atoms with Crippen molar-refractivity contribution >= 4 is 36.5 Å². The lowest BCUT2D eigenvalue weighted by Gasteiger charge is -2.08. The van der Waals surface area contributed by atoms with Crippen molar-refractivity contribution in [1.82, 2.24) is 5.32 Å². The Kier molecular flexibility index (Phi) is 12.6. The molecule has 1 rings (SSSR count). The minimum atomic E-state index is -0.917. The number of nitrogens with one attached hydrogen (secondary N) is 1. The van der Waals surface area contributed by atoms with Crippen LogP contribution in [0.5, 0.6) is 0 Å². The van der Waals surface area contributed by atoms with Gasteiger partial charge in [-0.05, 0) is 36.7 Å². The van der Waals surface area contributed by atoms with Crippen LogP contribution >= 0.6 is 24.8 Å². The van der Waals surface area contributed by atoms with Crippen LogP contribution in [0.4, 0.5) is 5.69 Å². The summed E-state index contributed by atoms with van der Waals surface area (Å²) in [5.41, 5.74) is 7.60. The second-order valence-corrected chi connectivity index (χ2v) is 4.46. The average Bonchev–Trinajstić information content (AvgIpc) is 2.35. The molecule has 0 aliphatic rings. The van der Waals surface area contributed by atoms with Gasteiger partial charge in [-0.15, -0.1) is 24.8 Å². The normalized spacial score (nSPS) is 9.45. The monoisotopic (exact) mass is 322 g/mol. The largest absolute Gasteiger partial charge is 0.478 e. The van der Waals surface area contributed by atoms with E-state index >= 15 is 0 Å². The standard InChI is InChI=1S/C14H22N2O2.2ClH/c1-2-3-4-5-8-16-10-12-9-11(14(17)18)6-7-13(12)15;;/h6-7,9,16H,2-5,8,10,15H2,1H3,(H,17,18);2*1H. The van der Waals surface area contributed by atoms with Gasteiger partial charge in [0.2, 0.25) is 0 Å². The molecule has 0 aliphatic carbocycles. The first-order valence-electron chi connectivity index (χ1n) is 6.47. The van der Waals surface area contributed by atoms with Crippen molar-refractivity contribution in [3.05, 3.63) is 29.3 Å². The molecule has 20 heavy (non-hydrogen) atoms. The summed E-state index contributed by atoms with van der Waals surface area (Å²) in [5.74, 6) is -0.917. The molecule has 0 unspecified atom stereocenters. The Bertz CT molecular complexity index is 401. The number of carboxylic acids is 1. The molecule has 1 aromatic rings. The molecule has 0 atom stereocenters. The summed E-state index contributed by atoms with van der Waals surface area (Å²) in [4.78, 5) is 10.9. The third-order valence-corrected chi connectivity index (χ3v) is 2.91. The van der Waals surface area contributed by atoms with Crippen LogP contribution in [-0.2, 0) is 6.54 Å². The Morgan fingerprint density at radius 3 is 2.55 bits per heavy atom. The van der Waals surface area contributed by atoms with Gasteiger partial charge in [-0.25, -0.2) is 4.79 Å². The first kappa shape index (κ1) is 21.3. The van der Waals surface area contributed by atoms with Crippen molar-refractivity contribution in [2.24, 2.45) is 0 Å².